The van der Waals surface area contributed by atoms with E-state index in [1.165, 1.54) is 26.0 Å². The first-order valence-electron chi connectivity index (χ1n) is 9.89. The number of piperidine rings is 1. The first kappa shape index (κ1) is 22.5. The van der Waals surface area contributed by atoms with E-state index in [1.54, 1.807) is 18.5 Å². The van der Waals surface area contributed by atoms with E-state index in [4.69, 9.17) is 0 Å². The van der Waals surface area contributed by atoms with Gasteiger partial charge in [0, 0.05) is 31.4 Å². The Bertz CT molecular complexity index is 926. The van der Waals surface area contributed by atoms with E-state index in [1.807, 2.05) is 4.90 Å². The van der Waals surface area contributed by atoms with Crippen LogP contribution in [0.3, 0.4) is 0 Å². The van der Waals surface area contributed by atoms with Gasteiger partial charge >= 0.3 is 6.18 Å². The average Bonchev–Trinajstić information content (AvgIpc) is 2.77. The fourth-order valence-electron chi connectivity index (χ4n) is 3.39. The molecule has 2 N–H and O–H groups in total. The molecule has 1 aliphatic rings. The van der Waals surface area contributed by atoms with E-state index >= 15 is 0 Å². The van der Waals surface area contributed by atoms with E-state index in [0.717, 1.165) is 12.1 Å². The van der Waals surface area contributed by atoms with Gasteiger partial charge < -0.3 is 4.90 Å². The highest BCUT2D eigenvalue weighted by atomic mass is 19.4. The fourth-order valence-corrected chi connectivity index (χ4v) is 3.39. The summed E-state index contributed by atoms with van der Waals surface area (Å²) in [6.07, 6.45) is -0.0595. The molecule has 3 rings (SSSR count). The molecule has 0 radical (unpaired) electrons. The van der Waals surface area contributed by atoms with E-state index in [-0.39, 0.29) is 17.4 Å². The molecule has 2 aromatic rings. The van der Waals surface area contributed by atoms with Crippen molar-refractivity contribution in [1.82, 2.24) is 20.8 Å². The van der Waals surface area contributed by atoms with Crippen molar-refractivity contribution >= 4 is 17.8 Å². The largest absolute Gasteiger partial charge is 0.416 e. The van der Waals surface area contributed by atoms with Crippen molar-refractivity contribution in [3.05, 3.63) is 53.9 Å². The number of alkyl halides is 3. The molecule has 0 atom stereocenters. The topological polar surface area (TPSA) is 87.2 Å². The van der Waals surface area contributed by atoms with Crippen molar-refractivity contribution in [3.63, 3.8) is 0 Å². The summed E-state index contributed by atoms with van der Waals surface area (Å²) >= 11 is 0. The lowest BCUT2D eigenvalue weighted by Gasteiger charge is -2.31. The molecule has 166 valence electrons. The number of hydrogen-bond acceptors (Lipinski definition) is 5. The lowest BCUT2D eigenvalue weighted by Crippen LogP contribution is -2.52. The van der Waals surface area contributed by atoms with Crippen LogP contribution in [0.1, 0.15) is 37.8 Å². The van der Waals surface area contributed by atoms with Crippen LogP contribution >= 0.6 is 0 Å². The Labute approximate surface area is 178 Å². The Balaban J connectivity index is 1.55. The summed E-state index contributed by atoms with van der Waals surface area (Å²) in [5.74, 6) is -0.619. The molecule has 0 spiro atoms. The Morgan fingerprint density at radius 2 is 1.61 bits per heavy atom. The van der Waals surface area contributed by atoms with Gasteiger partial charge in [0.05, 0.1) is 11.0 Å². The van der Waals surface area contributed by atoms with Gasteiger partial charge in [0.2, 0.25) is 17.8 Å². The number of hydrazine groups is 1. The lowest BCUT2D eigenvalue weighted by atomic mass is 9.83. The third-order valence-corrected chi connectivity index (χ3v) is 5.48. The molecule has 1 aromatic heterocycles. The van der Waals surface area contributed by atoms with Gasteiger partial charge in [-0.1, -0.05) is 18.2 Å². The number of carbonyl (C=O) groups excluding carboxylic acids is 2. The number of nitrogens with zero attached hydrogens (tertiary/aromatic N) is 3. The molecule has 10 heteroatoms. The molecular formula is C21H24F3N5O2. The second-order valence-electron chi connectivity index (χ2n) is 7.96. The number of hydrogen-bond donors (Lipinski definition) is 2. The predicted molar refractivity (Wildman–Crippen MR) is 108 cm³/mol. The normalized spacial score (nSPS) is 15.5. The molecule has 0 aliphatic carbocycles. The van der Waals surface area contributed by atoms with Crippen LogP contribution in [0.15, 0.2) is 42.7 Å². The second-order valence-corrected chi connectivity index (χ2v) is 7.96. The minimum atomic E-state index is -4.50. The zero-order valence-corrected chi connectivity index (χ0v) is 17.2. The molecular weight excluding hydrogens is 411 g/mol. The van der Waals surface area contributed by atoms with Crippen molar-refractivity contribution in [3.8, 4) is 0 Å². The molecule has 1 aromatic carbocycles. The summed E-state index contributed by atoms with van der Waals surface area (Å²) in [7, 11) is 0. The Kier molecular flexibility index (Phi) is 6.47. The fraction of sp³-hybridized carbons (Fsp3) is 0.429. The highest BCUT2D eigenvalue weighted by Gasteiger charge is 2.35. The summed E-state index contributed by atoms with van der Waals surface area (Å²) < 4.78 is 39.0. The third kappa shape index (κ3) is 5.31. The van der Waals surface area contributed by atoms with Crippen LogP contribution in [0.25, 0.3) is 0 Å². The number of anilines is 1. The molecule has 1 fully saturated rings. The van der Waals surface area contributed by atoms with Gasteiger partial charge in [-0.2, -0.15) is 13.2 Å². The minimum Gasteiger partial charge on any atom is -0.341 e. The Morgan fingerprint density at radius 3 is 2.23 bits per heavy atom. The Morgan fingerprint density at radius 1 is 1.00 bits per heavy atom. The lowest BCUT2D eigenvalue weighted by molar-refractivity contribution is -0.138. The molecule has 7 nitrogen and oxygen atoms in total. The number of halogens is 3. The van der Waals surface area contributed by atoms with Crippen molar-refractivity contribution in [1.29, 1.82) is 0 Å². The van der Waals surface area contributed by atoms with Crippen LogP contribution in [0.4, 0.5) is 19.1 Å². The number of aromatic nitrogens is 2. The van der Waals surface area contributed by atoms with E-state index in [9.17, 15) is 22.8 Å². The molecule has 2 amide bonds. The second kappa shape index (κ2) is 8.91. The summed E-state index contributed by atoms with van der Waals surface area (Å²) in [5, 5.41) is 0. The maximum atomic E-state index is 13.0. The van der Waals surface area contributed by atoms with Crippen LogP contribution in [-0.2, 0) is 21.2 Å². The van der Waals surface area contributed by atoms with Crippen LogP contribution in [0.5, 0.6) is 0 Å². The highest BCUT2D eigenvalue weighted by Crippen LogP contribution is 2.32. The number of rotatable bonds is 4. The maximum absolute atomic E-state index is 13.0. The molecule has 0 bridgehead atoms. The smallest absolute Gasteiger partial charge is 0.341 e. The van der Waals surface area contributed by atoms with Crippen LogP contribution in [-0.4, -0.2) is 34.9 Å². The molecule has 0 saturated carbocycles. The summed E-state index contributed by atoms with van der Waals surface area (Å²) in [6.45, 7) is 4.21. The van der Waals surface area contributed by atoms with Gasteiger partial charge in [-0.3, -0.25) is 20.4 Å². The van der Waals surface area contributed by atoms with Gasteiger partial charge in [0.15, 0.2) is 0 Å². The standard InChI is InChI=1S/C21H24F3N5O2/c1-20(2,15-5-3-6-16(13-15)21(22,23)24)18(31)28-27-17(30)14-7-11-29(12-8-14)19-25-9-4-10-26-19/h3-6,9-10,13-14H,7-8,11-12H2,1-2H3,(H,27,30)(H,28,31). The SMILES string of the molecule is CC(C)(C(=O)NNC(=O)C1CCN(c2ncccn2)CC1)c1cccc(C(F)(F)F)c1. The number of amides is 2. The summed E-state index contributed by atoms with van der Waals surface area (Å²) in [6, 6.07) is 6.34. The molecule has 2 heterocycles. The van der Waals surface area contributed by atoms with Crippen molar-refractivity contribution in [2.75, 3.05) is 18.0 Å². The van der Waals surface area contributed by atoms with E-state index in [0.29, 0.717) is 31.9 Å². The summed E-state index contributed by atoms with van der Waals surface area (Å²) in [4.78, 5) is 35.5. The van der Waals surface area contributed by atoms with Crippen molar-refractivity contribution in [2.24, 2.45) is 5.92 Å². The minimum absolute atomic E-state index is 0.199. The van der Waals surface area contributed by atoms with Crippen LogP contribution < -0.4 is 15.8 Å². The maximum Gasteiger partial charge on any atom is 0.416 e. The predicted octanol–water partition coefficient (Wildman–Crippen LogP) is 2.84. The number of nitrogens with one attached hydrogen (secondary N) is 2. The van der Waals surface area contributed by atoms with Crippen molar-refractivity contribution in [2.45, 2.75) is 38.3 Å². The van der Waals surface area contributed by atoms with E-state index < -0.39 is 23.1 Å². The highest BCUT2D eigenvalue weighted by molar-refractivity contribution is 5.89. The summed E-state index contributed by atoms with van der Waals surface area (Å²) in [5.41, 5.74) is 2.87. The zero-order valence-electron chi connectivity index (χ0n) is 17.2. The number of benzene rings is 1. The monoisotopic (exact) mass is 435 g/mol. The molecule has 0 unspecified atom stereocenters. The molecule has 1 saturated heterocycles. The quantitative estimate of drug-likeness (QED) is 0.722. The van der Waals surface area contributed by atoms with Crippen molar-refractivity contribution < 1.29 is 22.8 Å². The van der Waals surface area contributed by atoms with Gasteiger partial charge in [0.25, 0.3) is 0 Å². The zero-order chi connectivity index (χ0) is 22.6. The van der Waals surface area contributed by atoms with Gasteiger partial charge in [-0.15, -0.1) is 0 Å². The van der Waals surface area contributed by atoms with Crippen LogP contribution in [0.2, 0.25) is 0 Å². The van der Waals surface area contributed by atoms with Gasteiger partial charge in [-0.05, 0) is 44.4 Å². The first-order valence-corrected chi connectivity index (χ1v) is 9.89. The van der Waals surface area contributed by atoms with E-state index in [2.05, 4.69) is 20.8 Å². The van der Waals surface area contributed by atoms with Gasteiger partial charge in [0.1, 0.15) is 0 Å². The Hall–Kier alpha value is -3.17. The molecule has 31 heavy (non-hydrogen) atoms. The first-order chi connectivity index (χ1) is 14.6. The average molecular weight is 435 g/mol. The third-order valence-electron chi connectivity index (χ3n) is 5.48. The molecule has 1 aliphatic heterocycles. The number of carbonyl (C=O) groups is 2. The van der Waals surface area contributed by atoms with Crippen LogP contribution in [0, 0.1) is 5.92 Å². The van der Waals surface area contributed by atoms with Gasteiger partial charge in [-0.25, -0.2) is 9.97 Å².